The first-order chi connectivity index (χ1) is 19.6. The van der Waals surface area contributed by atoms with Crippen molar-refractivity contribution in [3.63, 3.8) is 0 Å². The summed E-state index contributed by atoms with van der Waals surface area (Å²) in [5, 5.41) is 18.8. The SMILES string of the molecule is CC(=O)N[C@@H](Cc1ccccc1)C(=O)N[C@@H](CCC(=O)C=[N+]=[N-])C(=O)N[C@@H](Cc1ccccc1)C(=O)NCC(=O)O. The average Bonchev–Trinajstić information content (AvgIpc) is 2.94. The van der Waals surface area contributed by atoms with E-state index in [0.717, 1.165) is 5.56 Å². The number of rotatable bonds is 16. The number of ketones is 1. The molecule has 41 heavy (non-hydrogen) atoms. The van der Waals surface area contributed by atoms with Gasteiger partial charge < -0.3 is 31.9 Å². The molecular formula is C28H32N6O7. The van der Waals surface area contributed by atoms with Gasteiger partial charge >= 0.3 is 12.2 Å². The van der Waals surface area contributed by atoms with E-state index in [1.165, 1.54) is 6.92 Å². The highest BCUT2D eigenvalue weighted by atomic mass is 16.4. The fourth-order valence-electron chi connectivity index (χ4n) is 3.88. The molecule has 13 heteroatoms. The number of carbonyl (C=O) groups is 6. The van der Waals surface area contributed by atoms with E-state index in [2.05, 4.69) is 26.1 Å². The van der Waals surface area contributed by atoms with Crippen molar-refractivity contribution in [3.05, 3.63) is 77.3 Å². The van der Waals surface area contributed by atoms with E-state index in [-0.39, 0.29) is 25.7 Å². The minimum absolute atomic E-state index is 0.0112. The maximum absolute atomic E-state index is 13.4. The first-order valence-corrected chi connectivity index (χ1v) is 12.7. The second kappa shape index (κ2) is 16.7. The van der Waals surface area contributed by atoms with Gasteiger partial charge in [0.15, 0.2) is 0 Å². The van der Waals surface area contributed by atoms with Crippen molar-refractivity contribution in [1.29, 1.82) is 0 Å². The van der Waals surface area contributed by atoms with Crippen LogP contribution in [-0.2, 0) is 41.6 Å². The van der Waals surface area contributed by atoms with Gasteiger partial charge in [0.2, 0.25) is 29.4 Å². The van der Waals surface area contributed by atoms with E-state index in [1.54, 1.807) is 60.7 Å². The van der Waals surface area contributed by atoms with Crippen LogP contribution in [-0.4, -0.2) is 76.2 Å². The fraction of sp³-hybridized carbons (Fsp3) is 0.321. The lowest BCUT2D eigenvalue weighted by atomic mass is 10.0. The van der Waals surface area contributed by atoms with Gasteiger partial charge in [0.1, 0.15) is 24.7 Å². The van der Waals surface area contributed by atoms with Gasteiger partial charge in [-0.2, -0.15) is 4.79 Å². The third-order valence-corrected chi connectivity index (χ3v) is 5.82. The van der Waals surface area contributed by atoms with Crippen LogP contribution in [0.1, 0.15) is 30.9 Å². The van der Waals surface area contributed by atoms with Crippen molar-refractivity contribution in [2.75, 3.05) is 6.54 Å². The minimum atomic E-state index is -1.34. The highest BCUT2D eigenvalue weighted by molar-refractivity contribution is 6.25. The number of nitrogens with one attached hydrogen (secondary N) is 4. The Balaban J connectivity index is 2.28. The molecular weight excluding hydrogens is 532 g/mol. The predicted octanol–water partition coefficient (Wildman–Crippen LogP) is -0.203. The van der Waals surface area contributed by atoms with Gasteiger partial charge in [-0.3, -0.25) is 28.8 Å². The Bertz CT molecular complexity index is 1280. The molecule has 0 spiro atoms. The number of aliphatic carboxylic acids is 1. The van der Waals surface area contributed by atoms with Crippen molar-refractivity contribution >= 4 is 41.6 Å². The normalized spacial score (nSPS) is 12.4. The standard InChI is InChI=1S/C28H32N6O7/c1-18(35)32-24(15-20-10-6-3-7-11-20)28(41)33-22(13-12-21(36)16-31-29)27(40)34-23(26(39)30-17-25(37)38)14-19-8-4-2-5-9-19/h2-11,16,22-24H,12-15,17H2,1H3,(H,30,39)(H,32,35)(H,33,41)(H,34,40)(H,37,38)/t22-,23-,24-/m0/s1. The first kappa shape index (κ1) is 32.1. The molecule has 3 atom stereocenters. The highest BCUT2D eigenvalue weighted by Crippen LogP contribution is 2.08. The summed E-state index contributed by atoms with van der Waals surface area (Å²) in [4.78, 5) is 76.9. The van der Waals surface area contributed by atoms with Gasteiger partial charge in [0, 0.05) is 26.2 Å². The number of hydrogen-bond acceptors (Lipinski definition) is 6. The van der Waals surface area contributed by atoms with Gasteiger partial charge in [0.05, 0.1) is 0 Å². The molecule has 0 aliphatic heterocycles. The lowest BCUT2D eigenvalue weighted by Gasteiger charge is -2.25. The van der Waals surface area contributed by atoms with Crippen LogP contribution in [0.25, 0.3) is 5.53 Å². The Hall–Kier alpha value is -5.16. The summed E-state index contributed by atoms with van der Waals surface area (Å²) < 4.78 is 0. The molecule has 0 bridgehead atoms. The molecule has 2 aromatic rings. The molecule has 5 N–H and O–H groups in total. The molecule has 0 saturated carbocycles. The van der Waals surface area contributed by atoms with E-state index >= 15 is 0 Å². The molecule has 0 radical (unpaired) electrons. The fourth-order valence-corrected chi connectivity index (χ4v) is 3.88. The molecule has 0 saturated heterocycles. The third kappa shape index (κ3) is 12.1. The highest BCUT2D eigenvalue weighted by Gasteiger charge is 2.30. The summed E-state index contributed by atoms with van der Waals surface area (Å²) in [7, 11) is 0. The van der Waals surface area contributed by atoms with E-state index in [1.807, 2.05) is 0 Å². The van der Waals surface area contributed by atoms with E-state index in [4.69, 9.17) is 10.6 Å². The zero-order valence-electron chi connectivity index (χ0n) is 22.4. The molecule has 2 aromatic carbocycles. The van der Waals surface area contributed by atoms with Crippen LogP contribution >= 0.6 is 0 Å². The first-order valence-electron chi connectivity index (χ1n) is 12.7. The smallest absolute Gasteiger partial charge is 0.323 e. The van der Waals surface area contributed by atoms with Crippen molar-refractivity contribution in [1.82, 2.24) is 21.3 Å². The molecule has 0 heterocycles. The van der Waals surface area contributed by atoms with Crippen LogP contribution in [0.15, 0.2) is 60.7 Å². The van der Waals surface area contributed by atoms with Crippen molar-refractivity contribution in [2.45, 2.75) is 50.7 Å². The van der Waals surface area contributed by atoms with Crippen molar-refractivity contribution in [3.8, 4) is 0 Å². The largest absolute Gasteiger partial charge is 0.480 e. The molecule has 0 aliphatic rings. The lowest BCUT2D eigenvalue weighted by molar-refractivity contribution is -0.138. The second-order valence-electron chi connectivity index (χ2n) is 9.12. The van der Waals surface area contributed by atoms with E-state index < -0.39 is 60.1 Å². The number of nitrogens with zero attached hydrogens (tertiary/aromatic N) is 2. The quantitative estimate of drug-likeness (QED) is 0.105. The molecule has 216 valence electrons. The molecule has 0 aliphatic carbocycles. The molecule has 0 aromatic heterocycles. The Kier molecular flexibility index (Phi) is 13.1. The number of carboxylic acid groups (broad SMARTS) is 1. The van der Waals surface area contributed by atoms with Crippen LogP contribution in [0.2, 0.25) is 0 Å². The zero-order chi connectivity index (χ0) is 30.2. The lowest BCUT2D eigenvalue weighted by Crippen LogP contribution is -2.57. The number of carboxylic acids is 1. The average molecular weight is 565 g/mol. The second-order valence-corrected chi connectivity index (χ2v) is 9.12. The Morgan fingerprint density at radius 2 is 1.27 bits per heavy atom. The van der Waals surface area contributed by atoms with Crippen LogP contribution < -0.4 is 21.3 Å². The zero-order valence-corrected chi connectivity index (χ0v) is 22.4. The Morgan fingerprint density at radius 1 is 0.780 bits per heavy atom. The van der Waals surface area contributed by atoms with Crippen LogP contribution in [0.5, 0.6) is 0 Å². The molecule has 2 rings (SSSR count). The number of carbonyl (C=O) groups excluding carboxylic acids is 5. The molecule has 0 fully saturated rings. The summed E-state index contributed by atoms with van der Waals surface area (Å²) in [6, 6.07) is 13.9. The summed E-state index contributed by atoms with van der Waals surface area (Å²) in [6.07, 6.45) is 0.266. The van der Waals surface area contributed by atoms with E-state index in [0.29, 0.717) is 11.8 Å². The van der Waals surface area contributed by atoms with Crippen molar-refractivity contribution < 1.29 is 38.7 Å². The predicted molar refractivity (Wildman–Crippen MR) is 146 cm³/mol. The van der Waals surface area contributed by atoms with Crippen LogP contribution in [0, 0.1) is 0 Å². The van der Waals surface area contributed by atoms with Gasteiger partial charge in [-0.15, -0.1) is 0 Å². The van der Waals surface area contributed by atoms with Gasteiger partial charge in [-0.05, 0) is 17.5 Å². The van der Waals surface area contributed by atoms with Crippen LogP contribution in [0.3, 0.4) is 0 Å². The number of hydrogen-bond donors (Lipinski definition) is 5. The Morgan fingerprint density at radius 3 is 1.76 bits per heavy atom. The maximum Gasteiger partial charge on any atom is 0.323 e. The minimum Gasteiger partial charge on any atom is -0.480 e. The number of benzene rings is 2. The monoisotopic (exact) mass is 564 g/mol. The summed E-state index contributed by atoms with van der Waals surface area (Å²) in [5.41, 5.74) is 10.1. The number of amides is 4. The molecule has 4 amide bonds. The van der Waals surface area contributed by atoms with Gasteiger partial charge in [0.25, 0.3) is 0 Å². The molecule has 13 nitrogen and oxygen atoms in total. The maximum atomic E-state index is 13.4. The van der Waals surface area contributed by atoms with Crippen LogP contribution in [0.4, 0.5) is 0 Å². The molecule has 0 unspecified atom stereocenters. The third-order valence-electron chi connectivity index (χ3n) is 5.82. The summed E-state index contributed by atoms with van der Waals surface area (Å²) in [6.45, 7) is 0.569. The van der Waals surface area contributed by atoms with Crippen molar-refractivity contribution in [2.24, 2.45) is 0 Å². The van der Waals surface area contributed by atoms with Gasteiger partial charge in [-0.25, -0.2) is 0 Å². The Labute approximate surface area is 236 Å². The topological polar surface area (TPSA) is 207 Å². The van der Waals surface area contributed by atoms with Gasteiger partial charge in [-0.1, -0.05) is 60.7 Å². The van der Waals surface area contributed by atoms with E-state index in [9.17, 15) is 28.8 Å². The summed E-state index contributed by atoms with van der Waals surface area (Å²) in [5.74, 6) is -4.67. The summed E-state index contributed by atoms with van der Waals surface area (Å²) >= 11 is 0. The number of Topliss-reactive ketones (excluding diaryl/α,β-unsaturated/α-hetero) is 1.